The van der Waals surface area contributed by atoms with Crippen molar-refractivity contribution < 1.29 is 9.53 Å². The number of benzene rings is 1. The first-order chi connectivity index (χ1) is 13.7. The zero-order valence-electron chi connectivity index (χ0n) is 16.6. The number of aromatic nitrogens is 2. The predicted octanol–water partition coefficient (Wildman–Crippen LogP) is 2.60. The van der Waals surface area contributed by atoms with Gasteiger partial charge in [0.05, 0.1) is 7.11 Å². The van der Waals surface area contributed by atoms with E-state index in [1.54, 1.807) is 13.3 Å². The smallest absolute Gasteiger partial charge is 0.248 e. The average Bonchev–Trinajstić information content (AvgIpc) is 3.46. The van der Waals surface area contributed by atoms with Gasteiger partial charge < -0.3 is 15.4 Å². The summed E-state index contributed by atoms with van der Waals surface area (Å²) < 4.78 is 7.30. The molecule has 0 radical (unpaired) electrons. The SMILES string of the molecule is COc1cccc(C2(CNC(=O)C3(n4cccn4)CCNCC3)CCCC2)c1. The highest BCUT2D eigenvalue weighted by molar-refractivity contribution is 5.84. The van der Waals surface area contributed by atoms with E-state index in [-0.39, 0.29) is 11.3 Å². The lowest BCUT2D eigenvalue weighted by atomic mass is 9.78. The minimum Gasteiger partial charge on any atom is -0.497 e. The van der Waals surface area contributed by atoms with Gasteiger partial charge in [-0.3, -0.25) is 9.48 Å². The summed E-state index contributed by atoms with van der Waals surface area (Å²) in [6, 6.07) is 10.2. The number of ether oxygens (including phenoxy) is 1. The molecule has 2 heterocycles. The molecule has 6 heteroatoms. The van der Waals surface area contributed by atoms with E-state index in [2.05, 4.69) is 27.9 Å². The van der Waals surface area contributed by atoms with Crippen LogP contribution in [0.15, 0.2) is 42.7 Å². The summed E-state index contributed by atoms with van der Waals surface area (Å²) in [5.41, 5.74) is 0.661. The Labute approximate surface area is 166 Å². The predicted molar refractivity (Wildman–Crippen MR) is 108 cm³/mol. The van der Waals surface area contributed by atoms with Crippen molar-refractivity contribution in [3.05, 3.63) is 48.3 Å². The van der Waals surface area contributed by atoms with Crippen LogP contribution >= 0.6 is 0 Å². The molecule has 0 spiro atoms. The lowest BCUT2D eigenvalue weighted by Gasteiger charge is -2.38. The standard InChI is InChI=1S/C22H30N4O2/c1-28-19-7-4-6-18(16-19)21(8-2-3-9-21)17-24-20(27)22(10-13-23-14-11-22)26-15-5-12-25-26/h4-7,12,15-16,23H,2-3,8-11,13-14,17H2,1H3,(H,24,27). The monoisotopic (exact) mass is 382 g/mol. The molecule has 1 aromatic heterocycles. The number of nitrogens with zero attached hydrogens (tertiary/aromatic N) is 2. The highest BCUT2D eigenvalue weighted by Gasteiger charge is 2.44. The Morgan fingerprint density at radius 1 is 1.21 bits per heavy atom. The molecule has 28 heavy (non-hydrogen) atoms. The molecule has 150 valence electrons. The Morgan fingerprint density at radius 3 is 2.68 bits per heavy atom. The number of hydrogen-bond acceptors (Lipinski definition) is 4. The minimum atomic E-state index is -0.594. The van der Waals surface area contributed by atoms with Crippen molar-refractivity contribution in [1.29, 1.82) is 0 Å². The maximum Gasteiger partial charge on any atom is 0.248 e. The molecule has 1 aromatic carbocycles. The fraction of sp³-hybridized carbons (Fsp3) is 0.545. The van der Waals surface area contributed by atoms with Gasteiger partial charge in [0.25, 0.3) is 0 Å². The molecule has 0 unspecified atom stereocenters. The molecule has 1 saturated heterocycles. The zero-order chi connectivity index (χ0) is 19.5. The third-order valence-electron chi connectivity index (χ3n) is 6.63. The normalized spacial score (nSPS) is 20.6. The molecular formula is C22H30N4O2. The summed E-state index contributed by atoms with van der Waals surface area (Å²) >= 11 is 0. The Bertz CT molecular complexity index is 791. The van der Waals surface area contributed by atoms with Crippen molar-refractivity contribution in [1.82, 2.24) is 20.4 Å². The summed E-state index contributed by atoms with van der Waals surface area (Å²) in [4.78, 5) is 13.4. The number of nitrogens with one attached hydrogen (secondary N) is 2. The number of hydrogen-bond donors (Lipinski definition) is 2. The minimum absolute atomic E-state index is 0.0115. The quantitative estimate of drug-likeness (QED) is 0.806. The molecule has 2 aromatic rings. The van der Waals surface area contributed by atoms with Crippen molar-refractivity contribution >= 4 is 5.91 Å². The van der Waals surface area contributed by atoms with Crippen LogP contribution in [0.4, 0.5) is 0 Å². The first-order valence-electron chi connectivity index (χ1n) is 10.3. The van der Waals surface area contributed by atoms with Gasteiger partial charge in [0.1, 0.15) is 11.3 Å². The van der Waals surface area contributed by atoms with Gasteiger partial charge in [-0.25, -0.2) is 0 Å². The Balaban J connectivity index is 1.56. The molecule has 1 aliphatic carbocycles. The van der Waals surface area contributed by atoms with Crippen LogP contribution in [0.1, 0.15) is 44.1 Å². The summed E-state index contributed by atoms with van der Waals surface area (Å²) in [5.74, 6) is 0.966. The third-order valence-corrected chi connectivity index (χ3v) is 6.63. The lowest BCUT2D eigenvalue weighted by molar-refractivity contribution is -0.132. The van der Waals surface area contributed by atoms with Crippen molar-refractivity contribution in [3.8, 4) is 5.75 Å². The molecule has 0 atom stereocenters. The van der Waals surface area contributed by atoms with Gasteiger partial charge in [-0.2, -0.15) is 5.10 Å². The summed E-state index contributed by atoms with van der Waals surface area (Å²) in [5, 5.41) is 11.1. The third kappa shape index (κ3) is 3.41. The van der Waals surface area contributed by atoms with Gasteiger partial charge in [0.15, 0.2) is 0 Å². The maximum atomic E-state index is 13.4. The molecule has 1 amide bonds. The van der Waals surface area contributed by atoms with Gasteiger partial charge in [-0.1, -0.05) is 25.0 Å². The molecule has 2 aliphatic rings. The van der Waals surface area contributed by atoms with Crippen LogP contribution in [0.25, 0.3) is 0 Å². The largest absolute Gasteiger partial charge is 0.497 e. The number of piperidine rings is 1. The second-order valence-electron chi connectivity index (χ2n) is 8.13. The molecule has 0 bridgehead atoms. The van der Waals surface area contributed by atoms with E-state index < -0.39 is 5.54 Å². The van der Waals surface area contributed by atoms with Crippen LogP contribution in [0.3, 0.4) is 0 Å². The molecule has 6 nitrogen and oxygen atoms in total. The first kappa shape index (κ1) is 19.0. The van der Waals surface area contributed by atoms with Gasteiger partial charge in [-0.05, 0) is 62.5 Å². The highest BCUT2D eigenvalue weighted by atomic mass is 16.5. The fourth-order valence-electron chi connectivity index (χ4n) is 4.91. The van der Waals surface area contributed by atoms with Gasteiger partial charge in [0, 0.05) is 24.4 Å². The molecule has 1 saturated carbocycles. The van der Waals surface area contributed by atoms with Crippen LogP contribution in [0, 0.1) is 0 Å². The molecule has 2 N–H and O–H groups in total. The van der Waals surface area contributed by atoms with E-state index in [1.165, 1.54) is 18.4 Å². The Hall–Kier alpha value is -2.34. The summed E-state index contributed by atoms with van der Waals surface area (Å²) in [6.07, 6.45) is 9.76. The lowest BCUT2D eigenvalue weighted by Crippen LogP contribution is -2.56. The van der Waals surface area contributed by atoms with Crippen LogP contribution in [-0.2, 0) is 15.7 Å². The van der Waals surface area contributed by atoms with Crippen molar-refractivity contribution in [2.45, 2.75) is 49.5 Å². The summed E-state index contributed by atoms with van der Waals surface area (Å²) in [6.45, 7) is 2.32. The number of rotatable bonds is 6. The van der Waals surface area contributed by atoms with Gasteiger partial charge >= 0.3 is 0 Å². The number of carbonyl (C=O) groups excluding carboxylic acids is 1. The van der Waals surface area contributed by atoms with E-state index in [1.807, 2.05) is 29.1 Å². The topological polar surface area (TPSA) is 68.2 Å². The van der Waals surface area contributed by atoms with Crippen LogP contribution in [0.5, 0.6) is 5.75 Å². The zero-order valence-corrected chi connectivity index (χ0v) is 16.6. The molecule has 4 rings (SSSR count). The van der Waals surface area contributed by atoms with Crippen LogP contribution in [-0.4, -0.2) is 42.4 Å². The number of carbonyl (C=O) groups is 1. The van der Waals surface area contributed by atoms with Crippen LogP contribution in [0.2, 0.25) is 0 Å². The second-order valence-corrected chi connectivity index (χ2v) is 8.13. The van der Waals surface area contributed by atoms with E-state index in [9.17, 15) is 4.79 Å². The van der Waals surface area contributed by atoms with E-state index in [0.29, 0.717) is 6.54 Å². The summed E-state index contributed by atoms with van der Waals surface area (Å²) in [7, 11) is 1.70. The number of methoxy groups -OCH3 is 1. The van der Waals surface area contributed by atoms with E-state index >= 15 is 0 Å². The molecule has 1 aliphatic heterocycles. The van der Waals surface area contributed by atoms with E-state index in [0.717, 1.165) is 44.5 Å². The van der Waals surface area contributed by atoms with E-state index in [4.69, 9.17) is 4.74 Å². The van der Waals surface area contributed by atoms with Crippen molar-refractivity contribution in [2.75, 3.05) is 26.7 Å². The average molecular weight is 383 g/mol. The molecular weight excluding hydrogens is 352 g/mol. The Kier molecular flexibility index (Phi) is 5.40. The van der Waals surface area contributed by atoms with Crippen LogP contribution < -0.4 is 15.4 Å². The second kappa shape index (κ2) is 7.95. The maximum absolute atomic E-state index is 13.4. The number of amides is 1. The Morgan fingerprint density at radius 2 is 2.00 bits per heavy atom. The first-order valence-corrected chi connectivity index (χ1v) is 10.3. The van der Waals surface area contributed by atoms with Gasteiger partial charge in [0.2, 0.25) is 5.91 Å². The molecule has 2 fully saturated rings. The highest BCUT2D eigenvalue weighted by Crippen LogP contribution is 2.42. The fourth-order valence-corrected chi connectivity index (χ4v) is 4.91. The van der Waals surface area contributed by atoms with Crippen molar-refractivity contribution in [2.24, 2.45) is 0 Å². The van der Waals surface area contributed by atoms with Gasteiger partial charge in [-0.15, -0.1) is 0 Å². The van der Waals surface area contributed by atoms with Crippen molar-refractivity contribution in [3.63, 3.8) is 0 Å².